The van der Waals surface area contributed by atoms with Gasteiger partial charge < -0.3 is 14.5 Å². The van der Waals surface area contributed by atoms with Gasteiger partial charge in [0.25, 0.3) is 0 Å². The van der Waals surface area contributed by atoms with Gasteiger partial charge in [-0.1, -0.05) is 20.8 Å². The van der Waals surface area contributed by atoms with Crippen molar-refractivity contribution in [1.29, 1.82) is 0 Å². The van der Waals surface area contributed by atoms with Crippen molar-refractivity contribution in [2.24, 2.45) is 11.3 Å². The number of thiophene rings is 1. The van der Waals surface area contributed by atoms with Gasteiger partial charge in [-0.05, 0) is 43.1 Å². The number of ether oxygens (including phenoxy) is 1. The molecule has 7 nitrogen and oxygen atoms in total. The first-order valence-electron chi connectivity index (χ1n) is 13.0. The van der Waals surface area contributed by atoms with Crippen molar-refractivity contribution in [3.8, 4) is 0 Å². The molecule has 0 N–H and O–H groups in total. The van der Waals surface area contributed by atoms with Crippen molar-refractivity contribution in [2.45, 2.75) is 58.9 Å². The number of carbonyl (C=O) groups is 1. The molecule has 8 heteroatoms. The number of rotatable bonds is 8. The number of nitrogens with zero attached hydrogens (tertiary/aromatic N) is 5. The molecule has 0 radical (unpaired) electrons. The van der Waals surface area contributed by atoms with Crippen LogP contribution in [0.25, 0.3) is 10.2 Å². The van der Waals surface area contributed by atoms with Gasteiger partial charge in [0.2, 0.25) is 5.91 Å². The van der Waals surface area contributed by atoms with E-state index >= 15 is 0 Å². The van der Waals surface area contributed by atoms with Crippen LogP contribution in [0.4, 0.5) is 5.82 Å². The summed E-state index contributed by atoms with van der Waals surface area (Å²) in [5.74, 6) is 1.92. The van der Waals surface area contributed by atoms with E-state index in [1.165, 1.54) is 16.7 Å². The Morgan fingerprint density at radius 2 is 2.06 bits per heavy atom. The Bertz CT molecular complexity index is 996. The topological polar surface area (TPSA) is 61.8 Å². The molecule has 0 atom stereocenters. The highest BCUT2D eigenvalue weighted by atomic mass is 32.1. The molecule has 2 aromatic heterocycles. The quantitative estimate of drug-likeness (QED) is 0.567. The summed E-state index contributed by atoms with van der Waals surface area (Å²) in [5.41, 5.74) is 0.325. The number of aryl methyl sites for hydroxylation is 1. The SMILES string of the molecule is CCc1cc2c(N3CCC4(CC(N(CC(C)C)C(=O)CCN5CCOCC5)C4)C3)ncnc2s1. The molecule has 0 aromatic carbocycles. The lowest BCUT2D eigenvalue weighted by molar-refractivity contribution is -0.139. The lowest BCUT2D eigenvalue weighted by Gasteiger charge is -2.50. The number of morpholine rings is 1. The molecule has 34 heavy (non-hydrogen) atoms. The van der Waals surface area contributed by atoms with E-state index < -0.39 is 0 Å². The summed E-state index contributed by atoms with van der Waals surface area (Å²) in [7, 11) is 0. The van der Waals surface area contributed by atoms with Gasteiger partial charge >= 0.3 is 0 Å². The summed E-state index contributed by atoms with van der Waals surface area (Å²) in [6.07, 6.45) is 6.82. The van der Waals surface area contributed by atoms with Gasteiger partial charge in [0.1, 0.15) is 17.0 Å². The van der Waals surface area contributed by atoms with Crippen LogP contribution in [0.3, 0.4) is 0 Å². The number of amides is 1. The number of hydrogen-bond acceptors (Lipinski definition) is 7. The molecule has 0 unspecified atom stereocenters. The highest BCUT2D eigenvalue weighted by Gasteiger charge is 2.51. The summed E-state index contributed by atoms with van der Waals surface area (Å²) in [4.78, 5) is 32.0. The van der Waals surface area contributed by atoms with Crippen LogP contribution >= 0.6 is 11.3 Å². The molecule has 4 heterocycles. The summed E-state index contributed by atoms with van der Waals surface area (Å²) in [6, 6.07) is 2.67. The molecule has 3 aliphatic rings. The fourth-order valence-corrected chi connectivity index (χ4v) is 6.93. The van der Waals surface area contributed by atoms with Gasteiger partial charge in [-0.2, -0.15) is 0 Å². The van der Waals surface area contributed by atoms with Crippen molar-refractivity contribution in [3.63, 3.8) is 0 Å². The average molecular weight is 486 g/mol. The maximum atomic E-state index is 13.3. The predicted molar refractivity (Wildman–Crippen MR) is 138 cm³/mol. The van der Waals surface area contributed by atoms with Crippen LogP contribution in [-0.4, -0.2) is 84.2 Å². The molecule has 2 saturated heterocycles. The van der Waals surface area contributed by atoms with Gasteiger partial charge in [-0.15, -0.1) is 11.3 Å². The molecule has 1 saturated carbocycles. The lowest BCUT2D eigenvalue weighted by atomic mass is 9.64. The van der Waals surface area contributed by atoms with E-state index in [0.717, 1.165) is 82.4 Å². The highest BCUT2D eigenvalue weighted by molar-refractivity contribution is 7.18. The maximum absolute atomic E-state index is 13.3. The monoisotopic (exact) mass is 485 g/mol. The Balaban J connectivity index is 1.21. The maximum Gasteiger partial charge on any atom is 0.224 e. The number of carbonyl (C=O) groups excluding carboxylic acids is 1. The van der Waals surface area contributed by atoms with Gasteiger partial charge in [-0.25, -0.2) is 9.97 Å². The van der Waals surface area contributed by atoms with E-state index in [1.54, 1.807) is 17.7 Å². The smallest absolute Gasteiger partial charge is 0.224 e. The van der Waals surface area contributed by atoms with Gasteiger partial charge in [-0.3, -0.25) is 9.69 Å². The zero-order valence-corrected chi connectivity index (χ0v) is 21.8. The Labute approximate surface area is 207 Å². The standard InChI is InChI=1S/C26H39N5O2S/c1-4-21-13-22-24(27-18-28-25(22)34-21)30-8-6-26(17-30)14-20(15-26)31(16-19(2)3)23(32)5-7-29-9-11-33-12-10-29/h13,18-20H,4-12,14-17H2,1-3H3. The second-order valence-corrected chi connectivity index (χ2v) is 12.0. The van der Waals surface area contributed by atoms with Crippen LogP contribution < -0.4 is 4.90 Å². The van der Waals surface area contributed by atoms with E-state index in [9.17, 15) is 4.79 Å². The number of fused-ring (bicyclic) bond motifs is 1. The average Bonchev–Trinajstić information content (AvgIpc) is 3.45. The lowest BCUT2D eigenvalue weighted by Crippen LogP contribution is -2.55. The van der Waals surface area contributed by atoms with Crippen molar-refractivity contribution in [1.82, 2.24) is 19.8 Å². The molecular formula is C26H39N5O2S. The third-order valence-electron chi connectivity index (χ3n) is 7.85. The first-order chi connectivity index (χ1) is 16.5. The first-order valence-corrected chi connectivity index (χ1v) is 13.9. The zero-order valence-electron chi connectivity index (χ0n) is 21.0. The zero-order chi connectivity index (χ0) is 23.7. The van der Waals surface area contributed by atoms with Crippen LogP contribution in [-0.2, 0) is 16.0 Å². The minimum absolute atomic E-state index is 0.325. The second-order valence-electron chi connectivity index (χ2n) is 10.9. The van der Waals surface area contributed by atoms with Gasteiger partial charge in [0.05, 0.1) is 18.6 Å². The molecule has 0 bridgehead atoms. The second kappa shape index (κ2) is 10.1. The van der Waals surface area contributed by atoms with Crippen LogP contribution in [0, 0.1) is 11.3 Å². The Kier molecular flexibility index (Phi) is 7.09. The molecule has 1 aliphatic carbocycles. The minimum Gasteiger partial charge on any atom is -0.379 e. The first kappa shape index (κ1) is 23.9. The largest absolute Gasteiger partial charge is 0.379 e. The highest BCUT2D eigenvalue weighted by Crippen LogP contribution is 2.51. The van der Waals surface area contributed by atoms with Gasteiger partial charge in [0, 0.05) is 56.6 Å². The predicted octanol–water partition coefficient (Wildman–Crippen LogP) is 3.82. The van der Waals surface area contributed by atoms with Crippen LogP contribution in [0.1, 0.15) is 51.3 Å². The number of anilines is 1. The minimum atomic E-state index is 0.325. The summed E-state index contributed by atoms with van der Waals surface area (Å²) in [5, 5.41) is 1.21. The number of aromatic nitrogens is 2. The van der Waals surface area contributed by atoms with Crippen molar-refractivity contribution in [2.75, 3.05) is 57.4 Å². The van der Waals surface area contributed by atoms with E-state index in [-0.39, 0.29) is 0 Å². The molecule has 2 aliphatic heterocycles. The summed E-state index contributed by atoms with van der Waals surface area (Å²) < 4.78 is 5.45. The fraction of sp³-hybridized carbons (Fsp3) is 0.731. The normalized spacial score (nSPS) is 25.4. The van der Waals surface area contributed by atoms with Crippen LogP contribution in [0.15, 0.2) is 12.4 Å². The molecule has 1 spiro atoms. The van der Waals surface area contributed by atoms with Crippen molar-refractivity contribution in [3.05, 3.63) is 17.3 Å². The van der Waals surface area contributed by atoms with Crippen molar-refractivity contribution >= 4 is 33.3 Å². The van der Waals surface area contributed by atoms with Crippen LogP contribution in [0.5, 0.6) is 0 Å². The molecular weight excluding hydrogens is 446 g/mol. The summed E-state index contributed by atoms with van der Waals surface area (Å²) in [6.45, 7) is 13.9. The van der Waals surface area contributed by atoms with E-state index in [2.05, 4.69) is 46.5 Å². The molecule has 1 amide bonds. The van der Waals surface area contributed by atoms with Gasteiger partial charge in [0.15, 0.2) is 0 Å². The van der Waals surface area contributed by atoms with Crippen molar-refractivity contribution < 1.29 is 9.53 Å². The fourth-order valence-electron chi connectivity index (χ4n) is 6.00. The molecule has 5 rings (SSSR count). The Hall–Kier alpha value is -1.77. The molecule has 2 aromatic rings. The molecule has 186 valence electrons. The van der Waals surface area contributed by atoms with Crippen LogP contribution in [0.2, 0.25) is 0 Å². The number of hydrogen-bond donors (Lipinski definition) is 0. The van der Waals surface area contributed by atoms with E-state index in [1.807, 2.05) is 0 Å². The summed E-state index contributed by atoms with van der Waals surface area (Å²) >= 11 is 1.79. The Morgan fingerprint density at radius 3 is 2.79 bits per heavy atom. The van der Waals surface area contributed by atoms with E-state index in [0.29, 0.717) is 29.7 Å². The van der Waals surface area contributed by atoms with E-state index in [4.69, 9.17) is 9.72 Å². The molecule has 3 fully saturated rings. The third-order valence-corrected chi connectivity index (χ3v) is 9.04. The third kappa shape index (κ3) is 4.95. The Morgan fingerprint density at radius 1 is 1.26 bits per heavy atom.